The van der Waals surface area contributed by atoms with E-state index in [2.05, 4.69) is 15.3 Å². The summed E-state index contributed by atoms with van der Waals surface area (Å²) in [6.07, 6.45) is 0.660. The summed E-state index contributed by atoms with van der Waals surface area (Å²) in [7, 11) is -1.19. The molecule has 0 saturated carbocycles. The van der Waals surface area contributed by atoms with Crippen molar-refractivity contribution in [1.29, 1.82) is 0 Å². The van der Waals surface area contributed by atoms with Crippen LogP contribution in [0.4, 0.5) is 5.95 Å². The van der Waals surface area contributed by atoms with E-state index in [9.17, 15) is 9.82 Å². The van der Waals surface area contributed by atoms with E-state index < -0.39 is 19.2 Å². The molecule has 0 saturated heterocycles. The van der Waals surface area contributed by atoms with Gasteiger partial charge in [-0.25, -0.2) is 4.98 Å². The van der Waals surface area contributed by atoms with Crippen LogP contribution in [0.2, 0.25) is 0 Å². The van der Waals surface area contributed by atoms with E-state index in [0.29, 0.717) is 41.7 Å². The van der Waals surface area contributed by atoms with Gasteiger partial charge in [-0.2, -0.15) is 4.98 Å². The summed E-state index contributed by atoms with van der Waals surface area (Å²) in [5.41, 5.74) is 7.40. The summed E-state index contributed by atoms with van der Waals surface area (Å²) in [5, 5.41) is 22.1. The first-order chi connectivity index (χ1) is 12.5. The minimum absolute atomic E-state index is 0.215. The zero-order chi connectivity index (χ0) is 18.7. The van der Waals surface area contributed by atoms with Crippen LogP contribution in [-0.4, -0.2) is 46.3 Å². The highest BCUT2D eigenvalue weighted by Crippen LogP contribution is 2.32. The van der Waals surface area contributed by atoms with Crippen LogP contribution in [0.5, 0.6) is 11.6 Å². The maximum Gasteiger partial charge on any atom is 0.492 e. The minimum atomic E-state index is -1.19. The van der Waals surface area contributed by atoms with E-state index in [1.54, 1.807) is 24.4 Å². The molecule has 1 aromatic carbocycles. The van der Waals surface area contributed by atoms with E-state index in [0.717, 1.165) is 5.56 Å². The van der Waals surface area contributed by atoms with Gasteiger partial charge in [-0.05, 0) is 35.6 Å². The van der Waals surface area contributed by atoms with Crippen molar-refractivity contribution < 1.29 is 24.3 Å². The molecule has 5 N–H and O–H groups in total. The molecule has 9 nitrogen and oxygen atoms in total. The van der Waals surface area contributed by atoms with Crippen molar-refractivity contribution in [2.24, 2.45) is 5.73 Å². The summed E-state index contributed by atoms with van der Waals surface area (Å²) in [6, 6.07) is 4.99. The smallest absolute Gasteiger partial charge is 0.481 e. The summed E-state index contributed by atoms with van der Waals surface area (Å²) >= 11 is 0. The predicted molar refractivity (Wildman–Crippen MR) is 94.5 cm³/mol. The quantitative estimate of drug-likeness (QED) is 0.510. The Balaban J connectivity index is 1.84. The normalized spacial score (nSPS) is 15.7. The third-order valence-corrected chi connectivity index (χ3v) is 3.91. The number of nitrogens with two attached hydrogens (primary N) is 1. The molecule has 0 aliphatic carbocycles. The first-order valence-corrected chi connectivity index (χ1v) is 8.12. The number of benzene rings is 1. The average molecular weight is 358 g/mol. The lowest BCUT2D eigenvalue weighted by atomic mass is 9.77. The largest absolute Gasteiger partial charge is 0.492 e. The van der Waals surface area contributed by atoms with Gasteiger partial charge in [-0.1, -0.05) is 0 Å². The number of carboxylic acid groups (broad SMARTS) is 1. The zero-order valence-corrected chi connectivity index (χ0v) is 14.2. The van der Waals surface area contributed by atoms with E-state index in [1.165, 1.54) is 0 Å². The number of aryl methyl sites for hydroxylation is 1. The van der Waals surface area contributed by atoms with Crippen molar-refractivity contribution >= 4 is 24.5 Å². The first kappa shape index (κ1) is 18.1. The summed E-state index contributed by atoms with van der Waals surface area (Å²) in [6.45, 7) is 2.81. The molecule has 3 rings (SSSR count). The molecule has 0 unspecified atom stereocenters. The number of carboxylic acids is 1. The highest BCUT2D eigenvalue weighted by Gasteiger charge is 2.37. The highest BCUT2D eigenvalue weighted by molar-refractivity contribution is 6.62. The highest BCUT2D eigenvalue weighted by atomic mass is 16.5. The van der Waals surface area contributed by atoms with Crippen LogP contribution in [-0.2, 0) is 9.45 Å². The van der Waals surface area contributed by atoms with Crippen molar-refractivity contribution in [3.63, 3.8) is 0 Å². The Bertz CT molecular complexity index is 819. The van der Waals surface area contributed by atoms with Crippen molar-refractivity contribution in [3.8, 4) is 11.6 Å². The van der Waals surface area contributed by atoms with Gasteiger partial charge in [-0.15, -0.1) is 0 Å². The Kier molecular flexibility index (Phi) is 5.36. The van der Waals surface area contributed by atoms with Gasteiger partial charge in [-0.3, -0.25) is 4.79 Å². The molecule has 26 heavy (non-hydrogen) atoms. The van der Waals surface area contributed by atoms with Gasteiger partial charge in [0.25, 0.3) is 0 Å². The van der Waals surface area contributed by atoms with Crippen LogP contribution >= 0.6 is 0 Å². The van der Waals surface area contributed by atoms with Crippen molar-refractivity contribution in [1.82, 2.24) is 9.97 Å². The van der Waals surface area contributed by atoms with Gasteiger partial charge < -0.3 is 30.6 Å². The van der Waals surface area contributed by atoms with E-state index in [4.69, 9.17) is 20.2 Å². The lowest BCUT2D eigenvalue weighted by Gasteiger charge is -2.13. The van der Waals surface area contributed by atoms with Gasteiger partial charge >= 0.3 is 13.1 Å². The number of hydrogen-bond acceptors (Lipinski definition) is 8. The third-order valence-electron chi connectivity index (χ3n) is 3.91. The molecule has 1 aliphatic heterocycles. The molecule has 0 amide bonds. The van der Waals surface area contributed by atoms with Crippen LogP contribution in [0.25, 0.3) is 0 Å². The number of rotatable bonds is 7. The molecular formula is C16H19BN4O5. The van der Waals surface area contributed by atoms with Crippen LogP contribution in [0, 0.1) is 6.92 Å². The second-order valence-corrected chi connectivity index (χ2v) is 5.85. The molecule has 0 fully saturated rings. The monoisotopic (exact) mass is 358 g/mol. The summed E-state index contributed by atoms with van der Waals surface area (Å²) < 4.78 is 11.1. The molecule has 0 bridgehead atoms. The number of aromatic nitrogens is 2. The van der Waals surface area contributed by atoms with Crippen LogP contribution in [0.3, 0.4) is 0 Å². The van der Waals surface area contributed by atoms with Gasteiger partial charge in [0.05, 0.1) is 12.5 Å². The number of anilines is 1. The SMILES string of the molecule is Cc1cc(Oc2ccnc(NCCN)n2)cc2c1[C@H](CC(=O)O)OB2O. The third kappa shape index (κ3) is 3.93. The number of aliphatic carboxylic acids is 1. The molecule has 0 radical (unpaired) electrons. The fourth-order valence-electron chi connectivity index (χ4n) is 2.89. The van der Waals surface area contributed by atoms with Gasteiger partial charge in [0.2, 0.25) is 11.8 Å². The Morgan fingerprint density at radius 3 is 3.04 bits per heavy atom. The average Bonchev–Trinajstić information content (AvgIpc) is 2.89. The Morgan fingerprint density at radius 1 is 1.50 bits per heavy atom. The van der Waals surface area contributed by atoms with Crippen LogP contribution in [0.15, 0.2) is 24.4 Å². The number of hydrogen-bond donors (Lipinski definition) is 4. The zero-order valence-electron chi connectivity index (χ0n) is 14.2. The lowest BCUT2D eigenvalue weighted by molar-refractivity contribution is -0.138. The standard InChI is InChI=1S/C16H19BN4O5/c1-9-6-10(25-13-2-4-19-16(21-13)20-5-3-18)7-11-15(9)12(8-14(22)23)26-17(11)24/h2,4,6-7,12,24H,3,5,8,18H2,1H3,(H,22,23)(H,19,20,21)/t12-/m0/s1. The Hall–Kier alpha value is -2.69. The molecule has 1 aromatic heterocycles. The maximum atomic E-state index is 11.0. The number of fused-ring (bicyclic) bond motifs is 1. The molecule has 10 heteroatoms. The van der Waals surface area contributed by atoms with Crippen LogP contribution < -0.4 is 21.3 Å². The number of ether oxygens (including phenoxy) is 1. The van der Waals surface area contributed by atoms with E-state index >= 15 is 0 Å². The number of nitrogens with one attached hydrogen (secondary N) is 1. The van der Waals surface area contributed by atoms with Crippen molar-refractivity contribution in [2.45, 2.75) is 19.4 Å². The van der Waals surface area contributed by atoms with Crippen molar-refractivity contribution in [2.75, 3.05) is 18.4 Å². The number of nitrogens with zero attached hydrogens (tertiary/aromatic N) is 2. The van der Waals surface area contributed by atoms with Crippen molar-refractivity contribution in [3.05, 3.63) is 35.5 Å². The second kappa shape index (κ2) is 7.69. The molecule has 2 heterocycles. The number of carbonyl (C=O) groups is 1. The predicted octanol–water partition coefficient (Wildman–Crippen LogP) is 0.181. The molecule has 136 valence electrons. The van der Waals surface area contributed by atoms with Gasteiger partial charge in [0, 0.05) is 25.4 Å². The summed E-state index contributed by atoms with van der Waals surface area (Å²) in [4.78, 5) is 19.3. The summed E-state index contributed by atoms with van der Waals surface area (Å²) in [5.74, 6) is 0.196. The Morgan fingerprint density at radius 2 is 2.31 bits per heavy atom. The van der Waals surface area contributed by atoms with E-state index in [1.807, 2.05) is 6.92 Å². The van der Waals surface area contributed by atoms with E-state index in [-0.39, 0.29) is 6.42 Å². The van der Waals surface area contributed by atoms with Gasteiger partial charge in [0.15, 0.2) is 0 Å². The lowest BCUT2D eigenvalue weighted by Crippen LogP contribution is -2.28. The molecule has 2 aromatic rings. The van der Waals surface area contributed by atoms with Crippen LogP contribution in [0.1, 0.15) is 23.7 Å². The fraction of sp³-hybridized carbons (Fsp3) is 0.312. The molecule has 0 spiro atoms. The molecular weight excluding hydrogens is 339 g/mol. The minimum Gasteiger partial charge on any atom is -0.481 e. The topological polar surface area (TPSA) is 140 Å². The fourth-order valence-corrected chi connectivity index (χ4v) is 2.89. The van der Waals surface area contributed by atoms with Gasteiger partial charge in [0.1, 0.15) is 5.75 Å². The maximum absolute atomic E-state index is 11.0. The first-order valence-electron chi connectivity index (χ1n) is 8.12. The second-order valence-electron chi connectivity index (χ2n) is 5.85. The molecule has 1 aliphatic rings. The molecule has 1 atom stereocenters. The Labute approximate surface area is 150 Å².